The minimum atomic E-state index is -3.78. The van der Waals surface area contributed by atoms with Crippen molar-refractivity contribution in [2.75, 3.05) is 27.2 Å². The highest BCUT2D eigenvalue weighted by atomic mass is 35.5. The summed E-state index contributed by atoms with van der Waals surface area (Å²) in [5, 5.41) is 3.38. The first kappa shape index (κ1) is 18.9. The maximum Gasteiger partial charge on any atom is 0.349 e. The predicted octanol–water partition coefficient (Wildman–Crippen LogP) is 1.61. The van der Waals surface area contributed by atoms with Gasteiger partial charge < -0.3 is 10.1 Å². The molecule has 1 aromatic heterocycles. The molecule has 0 saturated carbocycles. The third-order valence-corrected chi connectivity index (χ3v) is 5.68. The fourth-order valence-electron chi connectivity index (χ4n) is 1.90. The number of hydrogen-bond donors (Lipinski definition) is 2. The Morgan fingerprint density at radius 1 is 1.27 bits per heavy atom. The number of fused-ring (bicyclic) bond motifs is 1. The molecule has 0 fully saturated rings. The van der Waals surface area contributed by atoms with Crippen molar-refractivity contribution in [3.63, 3.8) is 0 Å². The zero-order valence-electron chi connectivity index (χ0n) is 12.1. The molecule has 0 saturated heterocycles. The lowest BCUT2D eigenvalue weighted by Crippen LogP contribution is -2.31. The van der Waals surface area contributed by atoms with Crippen molar-refractivity contribution >= 4 is 49.8 Å². The number of halogens is 1. The Labute approximate surface area is 139 Å². The van der Waals surface area contributed by atoms with E-state index in [0.717, 1.165) is 16.0 Å². The molecule has 9 heteroatoms. The Bertz CT molecular complexity index is 758. The molecule has 6 nitrogen and oxygen atoms in total. The molecule has 122 valence electrons. The van der Waals surface area contributed by atoms with E-state index in [1.165, 1.54) is 7.11 Å². The van der Waals surface area contributed by atoms with E-state index < -0.39 is 16.0 Å². The molecular weight excluding hydrogens is 348 g/mol. The molecule has 22 heavy (non-hydrogen) atoms. The largest absolute Gasteiger partial charge is 0.465 e. The molecule has 0 aliphatic heterocycles. The number of benzene rings is 1. The number of rotatable bonds is 6. The number of likely N-dealkylation sites (N-methyl/N-ethyl adjacent to an activating group) is 1. The Balaban J connectivity index is 0.00000242. The first-order valence-electron chi connectivity index (χ1n) is 6.25. The van der Waals surface area contributed by atoms with E-state index in [1.54, 1.807) is 31.3 Å². The Morgan fingerprint density at radius 2 is 1.95 bits per heavy atom. The van der Waals surface area contributed by atoms with Gasteiger partial charge in [0.15, 0.2) is 0 Å². The van der Waals surface area contributed by atoms with Crippen molar-refractivity contribution in [2.24, 2.45) is 0 Å². The third kappa shape index (κ3) is 3.76. The summed E-state index contributed by atoms with van der Waals surface area (Å²) >= 11 is 1.11. The summed E-state index contributed by atoms with van der Waals surface area (Å²) in [7, 11) is -0.818. The first-order valence-corrected chi connectivity index (χ1v) is 8.55. The van der Waals surface area contributed by atoms with E-state index in [1.807, 2.05) is 0 Å². The Hall–Kier alpha value is -1.19. The summed E-state index contributed by atoms with van der Waals surface area (Å²) in [5.74, 6) is -0.648. The van der Waals surface area contributed by atoms with Gasteiger partial charge in [-0.15, -0.1) is 23.7 Å². The molecule has 1 heterocycles. The second-order valence-corrected chi connectivity index (χ2v) is 7.01. The van der Waals surface area contributed by atoms with Crippen LogP contribution in [-0.4, -0.2) is 41.6 Å². The van der Waals surface area contributed by atoms with Gasteiger partial charge in [-0.25, -0.2) is 17.9 Å². The Morgan fingerprint density at radius 3 is 2.59 bits per heavy atom. The molecule has 2 N–H and O–H groups in total. The van der Waals surface area contributed by atoms with Gasteiger partial charge in [0.25, 0.3) is 0 Å². The number of ether oxygens (including phenoxy) is 1. The second-order valence-electron chi connectivity index (χ2n) is 4.25. The summed E-state index contributed by atoms with van der Waals surface area (Å²) < 4.78 is 32.9. The van der Waals surface area contributed by atoms with Gasteiger partial charge in [-0.3, -0.25) is 0 Å². The Kier molecular flexibility index (Phi) is 6.76. The lowest BCUT2D eigenvalue weighted by atomic mass is 10.2. The molecule has 0 radical (unpaired) electrons. The van der Waals surface area contributed by atoms with E-state index in [2.05, 4.69) is 10.0 Å². The van der Waals surface area contributed by atoms with Gasteiger partial charge in [-0.2, -0.15) is 0 Å². The van der Waals surface area contributed by atoms with Gasteiger partial charge in [-0.05, 0) is 13.1 Å². The van der Waals surface area contributed by atoms with Gasteiger partial charge in [-0.1, -0.05) is 18.2 Å². The fraction of sp³-hybridized carbons (Fsp3) is 0.308. The smallest absolute Gasteiger partial charge is 0.349 e. The number of nitrogens with one attached hydrogen (secondary N) is 2. The number of carbonyl (C=O) groups is 1. The lowest BCUT2D eigenvalue weighted by Gasteiger charge is -2.07. The van der Waals surface area contributed by atoms with Crippen molar-refractivity contribution in [3.05, 3.63) is 29.1 Å². The predicted molar refractivity (Wildman–Crippen MR) is 89.5 cm³/mol. The van der Waals surface area contributed by atoms with E-state index >= 15 is 0 Å². The average molecular weight is 365 g/mol. The summed E-state index contributed by atoms with van der Waals surface area (Å²) in [6, 6.07) is 7.00. The standard InChI is InChI=1S/C13H16N2O4S2.ClH/c1-14-7-8-15-21(17,18)12-9-5-3-4-6-10(9)20-11(12)13(16)19-2;/h3-6,14-15H,7-8H2,1-2H3;1H. The summed E-state index contributed by atoms with van der Waals surface area (Å²) in [6.07, 6.45) is 0. The molecule has 0 aliphatic carbocycles. The molecule has 0 bridgehead atoms. The minimum Gasteiger partial charge on any atom is -0.465 e. The number of esters is 1. The summed E-state index contributed by atoms with van der Waals surface area (Å²) in [5.41, 5.74) is 0. The molecule has 1 aromatic carbocycles. The molecule has 0 spiro atoms. The normalized spacial score (nSPS) is 11.2. The van der Waals surface area contributed by atoms with Gasteiger partial charge in [0.2, 0.25) is 10.0 Å². The van der Waals surface area contributed by atoms with Crippen LogP contribution in [0.25, 0.3) is 10.1 Å². The zero-order chi connectivity index (χ0) is 15.5. The minimum absolute atomic E-state index is 0. The van der Waals surface area contributed by atoms with Gasteiger partial charge in [0, 0.05) is 23.2 Å². The third-order valence-electron chi connectivity index (χ3n) is 2.86. The number of thiophene rings is 1. The van der Waals surface area contributed by atoms with Crippen LogP contribution in [0.1, 0.15) is 9.67 Å². The van der Waals surface area contributed by atoms with Crippen molar-refractivity contribution in [2.45, 2.75) is 4.90 Å². The van der Waals surface area contributed by atoms with Crippen LogP contribution in [-0.2, 0) is 14.8 Å². The van der Waals surface area contributed by atoms with E-state index in [-0.39, 0.29) is 28.7 Å². The van der Waals surface area contributed by atoms with Crippen LogP contribution in [0.15, 0.2) is 29.2 Å². The van der Waals surface area contributed by atoms with E-state index in [4.69, 9.17) is 4.74 Å². The zero-order valence-corrected chi connectivity index (χ0v) is 14.5. The van der Waals surface area contributed by atoms with Crippen molar-refractivity contribution in [1.29, 1.82) is 0 Å². The summed E-state index contributed by atoms with van der Waals surface area (Å²) in [6.45, 7) is 0.735. The molecule has 2 rings (SSSR count). The monoisotopic (exact) mass is 364 g/mol. The first-order chi connectivity index (χ1) is 10.0. The molecule has 0 atom stereocenters. The summed E-state index contributed by atoms with van der Waals surface area (Å²) in [4.78, 5) is 11.9. The topological polar surface area (TPSA) is 84.5 Å². The van der Waals surface area contributed by atoms with Crippen LogP contribution in [0.2, 0.25) is 0 Å². The average Bonchev–Trinajstić information content (AvgIpc) is 2.86. The molecule has 0 amide bonds. The fourth-order valence-corrected chi connectivity index (χ4v) is 4.74. The molecule has 2 aromatic rings. The maximum absolute atomic E-state index is 12.5. The molecular formula is C13H17ClN2O4S2. The van der Waals surface area contributed by atoms with E-state index in [9.17, 15) is 13.2 Å². The van der Waals surface area contributed by atoms with Crippen molar-refractivity contribution in [1.82, 2.24) is 10.0 Å². The number of methoxy groups -OCH3 is 1. The number of sulfonamides is 1. The second kappa shape index (κ2) is 7.89. The highest BCUT2D eigenvalue weighted by molar-refractivity contribution is 7.90. The molecule has 0 unspecified atom stereocenters. The van der Waals surface area contributed by atoms with E-state index in [0.29, 0.717) is 11.9 Å². The van der Waals surface area contributed by atoms with Gasteiger partial charge in [0.05, 0.1) is 7.11 Å². The molecule has 0 aliphatic rings. The van der Waals surface area contributed by atoms with Gasteiger partial charge in [0.1, 0.15) is 9.77 Å². The van der Waals surface area contributed by atoms with Crippen molar-refractivity contribution in [3.8, 4) is 0 Å². The highest BCUT2D eigenvalue weighted by Crippen LogP contribution is 2.34. The lowest BCUT2D eigenvalue weighted by molar-refractivity contribution is 0.0602. The van der Waals surface area contributed by atoms with Crippen LogP contribution in [0, 0.1) is 0 Å². The maximum atomic E-state index is 12.5. The van der Waals surface area contributed by atoms with Crippen molar-refractivity contribution < 1.29 is 17.9 Å². The van der Waals surface area contributed by atoms with Crippen LogP contribution in [0.5, 0.6) is 0 Å². The highest BCUT2D eigenvalue weighted by Gasteiger charge is 2.28. The van der Waals surface area contributed by atoms with Crippen LogP contribution in [0.4, 0.5) is 0 Å². The quantitative estimate of drug-likeness (QED) is 0.601. The van der Waals surface area contributed by atoms with Crippen LogP contribution in [0.3, 0.4) is 0 Å². The van der Waals surface area contributed by atoms with Crippen LogP contribution >= 0.6 is 23.7 Å². The number of carbonyl (C=O) groups excluding carboxylic acids is 1. The number of hydrogen-bond acceptors (Lipinski definition) is 6. The van der Waals surface area contributed by atoms with Gasteiger partial charge >= 0.3 is 5.97 Å². The van der Waals surface area contributed by atoms with Crippen LogP contribution < -0.4 is 10.0 Å². The SMILES string of the molecule is CNCCNS(=O)(=O)c1c(C(=O)OC)sc2ccccc12.Cl.